The number of rotatable bonds is 4. The van der Waals surface area contributed by atoms with E-state index in [2.05, 4.69) is 34.5 Å². The van der Waals surface area contributed by atoms with E-state index in [1.54, 1.807) is 6.92 Å². The number of benzene rings is 1. The van der Waals surface area contributed by atoms with Gasteiger partial charge in [-0.1, -0.05) is 30.3 Å². The van der Waals surface area contributed by atoms with Crippen LogP contribution in [0.25, 0.3) is 0 Å². The Morgan fingerprint density at radius 1 is 1.08 bits per heavy atom. The third-order valence-electron chi connectivity index (χ3n) is 5.41. The van der Waals surface area contributed by atoms with Crippen molar-refractivity contribution in [2.45, 2.75) is 45.2 Å². The summed E-state index contributed by atoms with van der Waals surface area (Å²) in [5.41, 5.74) is 1.33. The smallest absolute Gasteiger partial charge is 0.223 e. The van der Waals surface area contributed by atoms with Gasteiger partial charge in [0.25, 0.3) is 0 Å². The van der Waals surface area contributed by atoms with E-state index in [1.807, 2.05) is 11.0 Å². The van der Waals surface area contributed by atoms with Crippen molar-refractivity contribution in [2.24, 2.45) is 5.92 Å². The van der Waals surface area contributed by atoms with Crippen LogP contribution in [-0.2, 0) is 16.1 Å². The molecule has 0 bridgehead atoms. The topological polar surface area (TPSA) is 52.7 Å². The van der Waals surface area contributed by atoms with Crippen LogP contribution in [0.3, 0.4) is 0 Å². The van der Waals surface area contributed by atoms with Gasteiger partial charge in [-0.25, -0.2) is 0 Å². The first kappa shape index (κ1) is 17.9. The maximum absolute atomic E-state index is 12.6. The molecule has 5 heteroatoms. The van der Waals surface area contributed by atoms with E-state index in [1.165, 1.54) is 5.56 Å². The van der Waals surface area contributed by atoms with Gasteiger partial charge in [0, 0.05) is 45.1 Å². The van der Waals surface area contributed by atoms with Crippen molar-refractivity contribution in [1.29, 1.82) is 0 Å². The zero-order chi connectivity index (χ0) is 17.6. The quantitative estimate of drug-likeness (QED) is 0.910. The van der Waals surface area contributed by atoms with Crippen LogP contribution in [0.5, 0.6) is 0 Å². The Labute approximate surface area is 150 Å². The molecule has 2 fully saturated rings. The van der Waals surface area contributed by atoms with Gasteiger partial charge in [-0.15, -0.1) is 0 Å². The largest absolute Gasteiger partial charge is 0.352 e. The van der Waals surface area contributed by atoms with Crippen LogP contribution in [0, 0.1) is 5.92 Å². The van der Waals surface area contributed by atoms with Crippen LogP contribution in [0.4, 0.5) is 0 Å². The van der Waals surface area contributed by atoms with Crippen molar-refractivity contribution >= 4 is 11.8 Å². The standard InChI is InChI=1S/C20H29N3O2/c1-16(24)23-12-9-18(10-13-23)20(25)21-19-8-5-11-22(15-19)14-17-6-3-2-4-7-17/h2-4,6-7,18-19H,5,8-15H2,1H3,(H,21,25)/t19-/m0/s1. The Hall–Kier alpha value is -1.88. The Balaban J connectivity index is 1.46. The Morgan fingerprint density at radius 2 is 1.80 bits per heavy atom. The number of amides is 2. The van der Waals surface area contributed by atoms with Gasteiger partial charge >= 0.3 is 0 Å². The molecular weight excluding hydrogens is 314 g/mol. The summed E-state index contributed by atoms with van der Waals surface area (Å²) < 4.78 is 0. The molecule has 3 rings (SSSR count). The molecule has 1 aromatic rings. The predicted octanol–water partition coefficient (Wildman–Crippen LogP) is 2.03. The highest BCUT2D eigenvalue weighted by Gasteiger charge is 2.28. The fourth-order valence-corrected chi connectivity index (χ4v) is 3.93. The molecule has 1 N–H and O–H groups in total. The van der Waals surface area contributed by atoms with Gasteiger partial charge < -0.3 is 10.2 Å². The lowest BCUT2D eigenvalue weighted by Crippen LogP contribution is -2.50. The Bertz CT molecular complexity index is 582. The zero-order valence-corrected chi connectivity index (χ0v) is 15.1. The van der Waals surface area contributed by atoms with Gasteiger partial charge in [0.2, 0.25) is 11.8 Å². The second-order valence-electron chi connectivity index (χ2n) is 7.35. The lowest BCUT2D eigenvalue weighted by Gasteiger charge is -2.35. The number of hydrogen-bond acceptors (Lipinski definition) is 3. The van der Waals surface area contributed by atoms with Crippen LogP contribution in [0.15, 0.2) is 30.3 Å². The fraction of sp³-hybridized carbons (Fsp3) is 0.600. The minimum atomic E-state index is 0.0556. The minimum Gasteiger partial charge on any atom is -0.352 e. The SMILES string of the molecule is CC(=O)N1CCC(C(=O)N[C@H]2CCCN(Cc3ccccc3)C2)CC1. The monoisotopic (exact) mass is 343 g/mol. The number of likely N-dealkylation sites (tertiary alicyclic amines) is 2. The van der Waals surface area contributed by atoms with Crippen LogP contribution < -0.4 is 5.32 Å². The van der Waals surface area contributed by atoms with E-state index >= 15 is 0 Å². The Morgan fingerprint density at radius 3 is 2.48 bits per heavy atom. The van der Waals surface area contributed by atoms with Crippen LogP contribution in [-0.4, -0.2) is 53.8 Å². The van der Waals surface area contributed by atoms with Crippen molar-refractivity contribution < 1.29 is 9.59 Å². The molecule has 0 saturated carbocycles. The van der Waals surface area contributed by atoms with Gasteiger partial charge in [-0.2, -0.15) is 0 Å². The molecule has 136 valence electrons. The molecule has 2 saturated heterocycles. The van der Waals surface area contributed by atoms with Gasteiger partial charge in [0.15, 0.2) is 0 Å². The molecule has 0 aromatic heterocycles. The van der Waals surface area contributed by atoms with E-state index in [0.29, 0.717) is 13.1 Å². The molecule has 2 heterocycles. The highest BCUT2D eigenvalue weighted by atomic mass is 16.2. The maximum atomic E-state index is 12.6. The number of piperidine rings is 2. The molecule has 0 aliphatic carbocycles. The molecule has 0 spiro atoms. The maximum Gasteiger partial charge on any atom is 0.223 e. The molecule has 1 aromatic carbocycles. The molecule has 2 aliphatic heterocycles. The average Bonchev–Trinajstić information content (AvgIpc) is 2.63. The third-order valence-corrected chi connectivity index (χ3v) is 5.41. The van der Waals surface area contributed by atoms with E-state index in [0.717, 1.165) is 45.3 Å². The highest BCUT2D eigenvalue weighted by Crippen LogP contribution is 2.19. The van der Waals surface area contributed by atoms with Crippen molar-refractivity contribution in [1.82, 2.24) is 15.1 Å². The van der Waals surface area contributed by atoms with Gasteiger partial charge in [-0.3, -0.25) is 14.5 Å². The third kappa shape index (κ3) is 5.05. The molecule has 1 atom stereocenters. The Kier molecular flexibility index (Phi) is 6.08. The summed E-state index contributed by atoms with van der Waals surface area (Å²) in [7, 11) is 0. The van der Waals surface area contributed by atoms with Crippen molar-refractivity contribution in [3.63, 3.8) is 0 Å². The number of hydrogen-bond donors (Lipinski definition) is 1. The number of carbonyl (C=O) groups excluding carboxylic acids is 2. The van der Waals surface area contributed by atoms with Gasteiger partial charge in [0.1, 0.15) is 0 Å². The second kappa shape index (κ2) is 8.48. The first-order valence-corrected chi connectivity index (χ1v) is 9.44. The van der Waals surface area contributed by atoms with Gasteiger partial charge in [-0.05, 0) is 37.8 Å². The van der Waals surface area contributed by atoms with E-state index in [9.17, 15) is 9.59 Å². The van der Waals surface area contributed by atoms with Gasteiger partial charge in [0.05, 0.1) is 0 Å². The number of carbonyl (C=O) groups is 2. The predicted molar refractivity (Wildman–Crippen MR) is 97.9 cm³/mol. The summed E-state index contributed by atoms with van der Waals surface area (Å²) in [6.45, 7) is 5.98. The summed E-state index contributed by atoms with van der Waals surface area (Å²) in [6, 6.07) is 10.8. The van der Waals surface area contributed by atoms with E-state index in [4.69, 9.17) is 0 Å². The van der Waals surface area contributed by atoms with E-state index < -0.39 is 0 Å². The van der Waals surface area contributed by atoms with Crippen LogP contribution in [0.1, 0.15) is 38.2 Å². The zero-order valence-electron chi connectivity index (χ0n) is 15.1. The molecule has 2 amide bonds. The lowest BCUT2D eigenvalue weighted by atomic mass is 9.95. The first-order chi connectivity index (χ1) is 12.1. The fourth-order valence-electron chi connectivity index (χ4n) is 3.93. The average molecular weight is 343 g/mol. The van der Waals surface area contributed by atoms with Crippen LogP contribution >= 0.6 is 0 Å². The molecule has 2 aliphatic rings. The molecule has 0 unspecified atom stereocenters. The summed E-state index contributed by atoms with van der Waals surface area (Å²) in [4.78, 5) is 28.2. The van der Waals surface area contributed by atoms with Crippen LogP contribution in [0.2, 0.25) is 0 Å². The number of nitrogens with zero attached hydrogens (tertiary/aromatic N) is 2. The molecule has 5 nitrogen and oxygen atoms in total. The summed E-state index contributed by atoms with van der Waals surface area (Å²) >= 11 is 0. The first-order valence-electron chi connectivity index (χ1n) is 9.44. The summed E-state index contributed by atoms with van der Waals surface area (Å²) in [6.07, 6.45) is 3.75. The minimum absolute atomic E-state index is 0.0556. The molecule has 25 heavy (non-hydrogen) atoms. The molecular formula is C20H29N3O2. The second-order valence-corrected chi connectivity index (χ2v) is 7.35. The van der Waals surface area contributed by atoms with Crippen molar-refractivity contribution in [3.05, 3.63) is 35.9 Å². The number of nitrogens with one attached hydrogen (secondary N) is 1. The highest BCUT2D eigenvalue weighted by molar-refractivity contribution is 5.79. The van der Waals surface area contributed by atoms with Crippen molar-refractivity contribution in [2.75, 3.05) is 26.2 Å². The molecule has 0 radical (unpaired) electrons. The normalized spacial score (nSPS) is 22.6. The summed E-state index contributed by atoms with van der Waals surface area (Å²) in [5, 5.41) is 3.26. The van der Waals surface area contributed by atoms with E-state index in [-0.39, 0.29) is 23.8 Å². The van der Waals surface area contributed by atoms with Crippen molar-refractivity contribution in [3.8, 4) is 0 Å². The summed E-state index contributed by atoms with van der Waals surface area (Å²) in [5.74, 6) is 0.345. The lowest BCUT2D eigenvalue weighted by molar-refractivity contribution is -0.134.